The summed E-state index contributed by atoms with van der Waals surface area (Å²) in [4.78, 5) is 0. The van der Waals surface area contributed by atoms with Crippen LogP contribution in [0, 0.1) is 0 Å². The van der Waals surface area contributed by atoms with Crippen molar-refractivity contribution in [1.29, 1.82) is 0 Å². The zero-order valence-corrected chi connectivity index (χ0v) is 10.9. The summed E-state index contributed by atoms with van der Waals surface area (Å²) in [6, 6.07) is 2.17. The Morgan fingerprint density at radius 3 is 2.44 bits per heavy atom. The second kappa shape index (κ2) is 5.46. The Hall–Kier alpha value is -0.870. The van der Waals surface area contributed by atoms with Gasteiger partial charge < -0.3 is 10.1 Å². The molecule has 0 fully saturated rings. The molecule has 1 N–H and O–H groups in total. The van der Waals surface area contributed by atoms with Crippen LogP contribution in [0.15, 0.2) is 12.3 Å². The van der Waals surface area contributed by atoms with Gasteiger partial charge in [0.15, 0.2) is 0 Å². The van der Waals surface area contributed by atoms with Gasteiger partial charge in [0.05, 0.1) is 17.3 Å². The van der Waals surface area contributed by atoms with E-state index in [-0.39, 0.29) is 11.6 Å². The lowest BCUT2D eigenvalue weighted by Crippen LogP contribution is -2.43. The lowest BCUT2D eigenvalue weighted by atomic mass is 9.86. The van der Waals surface area contributed by atoms with Gasteiger partial charge in [0.25, 0.3) is 0 Å². The Kier molecular flexibility index (Phi) is 4.50. The van der Waals surface area contributed by atoms with Crippen molar-refractivity contribution in [2.24, 2.45) is 7.05 Å². The molecule has 0 aliphatic carbocycles. The maximum atomic E-state index is 5.74. The number of methoxy groups -OCH3 is 1. The molecule has 16 heavy (non-hydrogen) atoms. The average molecular weight is 225 g/mol. The van der Waals surface area contributed by atoms with Crippen molar-refractivity contribution < 1.29 is 4.74 Å². The Balaban J connectivity index is 3.04. The SMILES string of the molecule is CCC(CC)(OC)C(NC)c1ccn(C)n1. The fourth-order valence-corrected chi connectivity index (χ4v) is 2.33. The number of nitrogens with one attached hydrogen (secondary N) is 1. The molecular formula is C12H23N3O. The molecule has 92 valence electrons. The van der Waals surface area contributed by atoms with Gasteiger partial charge >= 0.3 is 0 Å². The van der Waals surface area contributed by atoms with Crippen LogP contribution in [0.5, 0.6) is 0 Å². The van der Waals surface area contributed by atoms with Crippen molar-refractivity contribution in [2.45, 2.75) is 38.3 Å². The number of hydrogen-bond acceptors (Lipinski definition) is 3. The zero-order valence-electron chi connectivity index (χ0n) is 10.9. The minimum atomic E-state index is -0.177. The third-order valence-corrected chi connectivity index (χ3v) is 3.45. The van der Waals surface area contributed by atoms with E-state index in [1.165, 1.54) is 0 Å². The minimum absolute atomic E-state index is 0.133. The molecule has 1 heterocycles. The predicted molar refractivity (Wildman–Crippen MR) is 65.3 cm³/mol. The summed E-state index contributed by atoms with van der Waals surface area (Å²) < 4.78 is 7.57. The van der Waals surface area contributed by atoms with E-state index >= 15 is 0 Å². The van der Waals surface area contributed by atoms with Crippen molar-refractivity contribution in [2.75, 3.05) is 14.2 Å². The maximum Gasteiger partial charge on any atom is 0.0883 e. The molecule has 0 saturated heterocycles. The molecule has 0 spiro atoms. The number of nitrogens with zero attached hydrogens (tertiary/aromatic N) is 2. The Morgan fingerprint density at radius 1 is 1.50 bits per heavy atom. The van der Waals surface area contributed by atoms with E-state index in [0.29, 0.717) is 0 Å². The van der Waals surface area contributed by atoms with Gasteiger partial charge in [-0.25, -0.2) is 0 Å². The summed E-state index contributed by atoms with van der Waals surface area (Å²) in [5.74, 6) is 0. The van der Waals surface area contributed by atoms with Crippen LogP contribution in [-0.2, 0) is 11.8 Å². The predicted octanol–water partition coefficient (Wildman–Crippen LogP) is 1.89. The van der Waals surface area contributed by atoms with Crippen molar-refractivity contribution in [3.05, 3.63) is 18.0 Å². The van der Waals surface area contributed by atoms with E-state index in [4.69, 9.17) is 4.74 Å². The summed E-state index contributed by atoms with van der Waals surface area (Å²) >= 11 is 0. The molecule has 0 aromatic carbocycles. The fraction of sp³-hybridized carbons (Fsp3) is 0.750. The highest BCUT2D eigenvalue weighted by Gasteiger charge is 2.37. The number of ether oxygens (including phenoxy) is 1. The second-order valence-corrected chi connectivity index (χ2v) is 4.11. The van der Waals surface area contributed by atoms with Crippen LogP contribution in [0.3, 0.4) is 0 Å². The first-order chi connectivity index (χ1) is 7.63. The smallest absolute Gasteiger partial charge is 0.0883 e. The lowest BCUT2D eigenvalue weighted by Gasteiger charge is -2.37. The van der Waals surface area contributed by atoms with Crippen LogP contribution in [-0.4, -0.2) is 29.5 Å². The fourth-order valence-electron chi connectivity index (χ4n) is 2.33. The molecule has 0 aliphatic rings. The molecule has 4 nitrogen and oxygen atoms in total. The molecule has 1 rings (SSSR count). The van der Waals surface area contributed by atoms with Crippen LogP contribution >= 0.6 is 0 Å². The summed E-state index contributed by atoms with van der Waals surface area (Å²) in [6.45, 7) is 4.31. The molecule has 1 atom stereocenters. The molecule has 1 aromatic rings. The van der Waals surface area contributed by atoms with Gasteiger partial charge in [-0.1, -0.05) is 13.8 Å². The third-order valence-electron chi connectivity index (χ3n) is 3.45. The first-order valence-electron chi connectivity index (χ1n) is 5.85. The highest BCUT2D eigenvalue weighted by atomic mass is 16.5. The molecule has 0 aliphatic heterocycles. The number of aryl methyl sites for hydroxylation is 1. The molecule has 0 saturated carbocycles. The summed E-state index contributed by atoms with van der Waals surface area (Å²) in [5, 5.41) is 7.79. The van der Waals surface area contributed by atoms with E-state index in [1.54, 1.807) is 7.11 Å². The normalized spacial score (nSPS) is 14.1. The van der Waals surface area contributed by atoms with Crippen molar-refractivity contribution in [1.82, 2.24) is 15.1 Å². The minimum Gasteiger partial charge on any atom is -0.376 e. The van der Waals surface area contributed by atoms with Gasteiger partial charge in [-0.15, -0.1) is 0 Å². The largest absolute Gasteiger partial charge is 0.376 e. The Labute approximate surface area is 98.0 Å². The number of likely N-dealkylation sites (N-methyl/N-ethyl adjacent to an activating group) is 1. The van der Waals surface area contributed by atoms with Gasteiger partial charge in [-0.3, -0.25) is 4.68 Å². The standard InChI is InChI=1S/C12H23N3O/c1-6-12(7-2,16-5)11(13-3)10-8-9-15(4)14-10/h8-9,11,13H,6-7H2,1-5H3. The molecule has 1 aromatic heterocycles. The Morgan fingerprint density at radius 2 is 2.12 bits per heavy atom. The number of aromatic nitrogens is 2. The van der Waals surface area contributed by atoms with Gasteiger partial charge in [0.2, 0.25) is 0 Å². The van der Waals surface area contributed by atoms with E-state index in [2.05, 4.69) is 24.3 Å². The van der Waals surface area contributed by atoms with E-state index in [0.717, 1.165) is 18.5 Å². The quantitative estimate of drug-likeness (QED) is 0.803. The van der Waals surface area contributed by atoms with Gasteiger partial charge in [0.1, 0.15) is 0 Å². The van der Waals surface area contributed by atoms with Crippen molar-refractivity contribution >= 4 is 0 Å². The van der Waals surface area contributed by atoms with E-state index in [9.17, 15) is 0 Å². The molecule has 0 bridgehead atoms. The Bertz CT molecular complexity index is 310. The van der Waals surface area contributed by atoms with Crippen LogP contribution in [0.2, 0.25) is 0 Å². The third kappa shape index (κ3) is 2.28. The van der Waals surface area contributed by atoms with Gasteiger partial charge in [-0.2, -0.15) is 5.10 Å². The van der Waals surface area contributed by atoms with Crippen molar-refractivity contribution in [3.63, 3.8) is 0 Å². The van der Waals surface area contributed by atoms with Gasteiger partial charge in [-0.05, 0) is 26.0 Å². The van der Waals surface area contributed by atoms with Gasteiger partial charge in [0, 0.05) is 20.4 Å². The van der Waals surface area contributed by atoms with Crippen LogP contribution in [0.25, 0.3) is 0 Å². The molecule has 4 heteroatoms. The first-order valence-corrected chi connectivity index (χ1v) is 5.85. The topological polar surface area (TPSA) is 39.1 Å². The zero-order chi connectivity index (χ0) is 12.2. The average Bonchev–Trinajstić information content (AvgIpc) is 2.72. The van der Waals surface area contributed by atoms with E-state index < -0.39 is 0 Å². The van der Waals surface area contributed by atoms with E-state index in [1.807, 2.05) is 31.0 Å². The maximum absolute atomic E-state index is 5.74. The molecular weight excluding hydrogens is 202 g/mol. The van der Waals surface area contributed by atoms with Crippen LogP contribution in [0.1, 0.15) is 38.4 Å². The number of rotatable bonds is 6. The highest BCUT2D eigenvalue weighted by Crippen LogP contribution is 2.33. The second-order valence-electron chi connectivity index (χ2n) is 4.11. The van der Waals surface area contributed by atoms with Crippen LogP contribution in [0.4, 0.5) is 0 Å². The van der Waals surface area contributed by atoms with Crippen LogP contribution < -0.4 is 5.32 Å². The number of hydrogen-bond donors (Lipinski definition) is 1. The summed E-state index contributed by atoms with van der Waals surface area (Å²) in [6.07, 6.45) is 3.88. The first kappa shape index (κ1) is 13.2. The molecule has 0 radical (unpaired) electrons. The monoisotopic (exact) mass is 225 g/mol. The molecule has 1 unspecified atom stereocenters. The molecule has 0 amide bonds. The summed E-state index contributed by atoms with van der Waals surface area (Å²) in [5.41, 5.74) is 0.860. The highest BCUT2D eigenvalue weighted by molar-refractivity contribution is 5.12. The lowest BCUT2D eigenvalue weighted by molar-refractivity contribution is -0.0479. The van der Waals surface area contributed by atoms with Crippen molar-refractivity contribution in [3.8, 4) is 0 Å². The summed E-state index contributed by atoms with van der Waals surface area (Å²) in [7, 11) is 5.67.